The highest BCUT2D eigenvalue weighted by Crippen LogP contribution is 2.36. The van der Waals surface area contributed by atoms with E-state index in [0.29, 0.717) is 17.9 Å². The number of aryl methyl sites for hydroxylation is 1. The number of nitrogens with zero attached hydrogens (tertiary/aromatic N) is 1. The molecule has 4 heteroatoms. The lowest BCUT2D eigenvalue weighted by molar-refractivity contribution is -0.117. The van der Waals surface area contributed by atoms with Crippen molar-refractivity contribution in [2.75, 3.05) is 0 Å². The van der Waals surface area contributed by atoms with Crippen LogP contribution >= 0.6 is 0 Å². The third kappa shape index (κ3) is 5.05. The Morgan fingerprint density at radius 2 is 1.80 bits per heavy atom. The van der Waals surface area contributed by atoms with Gasteiger partial charge in [-0.05, 0) is 59.7 Å². The normalized spacial score (nSPS) is 15.7. The van der Waals surface area contributed by atoms with Crippen LogP contribution in [0.25, 0.3) is 0 Å². The molecule has 1 amide bonds. The van der Waals surface area contributed by atoms with Gasteiger partial charge in [0.25, 0.3) is 5.91 Å². The summed E-state index contributed by atoms with van der Waals surface area (Å²) in [5.74, 6) is 0.615. The van der Waals surface area contributed by atoms with Crippen molar-refractivity contribution < 1.29 is 4.79 Å². The second kappa shape index (κ2) is 7.68. The molecule has 1 aliphatic rings. The number of hydrogen-bond acceptors (Lipinski definition) is 3. The molecular weight excluding hydrogens is 310 g/mol. The average Bonchev–Trinajstić information content (AvgIpc) is 3.29. The van der Waals surface area contributed by atoms with Crippen molar-refractivity contribution in [2.24, 2.45) is 4.99 Å². The monoisotopic (exact) mass is 339 g/mol. The van der Waals surface area contributed by atoms with Crippen LogP contribution in [0.1, 0.15) is 51.7 Å². The Morgan fingerprint density at radius 1 is 1.20 bits per heavy atom. The number of amides is 1. The highest BCUT2D eigenvalue weighted by molar-refractivity contribution is 5.98. The van der Waals surface area contributed by atoms with Crippen molar-refractivity contribution in [3.8, 4) is 0 Å². The van der Waals surface area contributed by atoms with Gasteiger partial charge in [0.2, 0.25) is 0 Å². The molecule has 2 N–H and O–H groups in total. The molecule has 4 nitrogen and oxygen atoms in total. The van der Waals surface area contributed by atoms with Crippen LogP contribution in [0.2, 0.25) is 0 Å². The van der Waals surface area contributed by atoms with Crippen LogP contribution in [-0.2, 0) is 11.3 Å². The third-order valence-electron chi connectivity index (χ3n) is 4.61. The Labute approximate surface area is 151 Å². The predicted molar refractivity (Wildman–Crippen MR) is 104 cm³/mol. The maximum atomic E-state index is 12.8. The first-order chi connectivity index (χ1) is 11.8. The van der Waals surface area contributed by atoms with Crippen LogP contribution in [0.3, 0.4) is 0 Å². The Morgan fingerprint density at radius 3 is 2.28 bits per heavy atom. The van der Waals surface area contributed by atoms with Crippen molar-refractivity contribution >= 4 is 12.6 Å². The standard InChI is InChI=1S/C21H29N3O/c1-14(2)18(16(4)19(22-6)24-21(5)11-12-21)20(25)23-13-17-9-7-15(3)8-10-17/h7-10,24H,6,11-13H2,1-5H3,(H,23,25)/b19-16-. The zero-order valence-electron chi connectivity index (χ0n) is 16.0. The van der Waals surface area contributed by atoms with Crippen molar-refractivity contribution in [3.05, 3.63) is 57.9 Å². The van der Waals surface area contributed by atoms with E-state index in [1.807, 2.05) is 32.9 Å². The quantitative estimate of drug-likeness (QED) is 0.448. The number of aliphatic imine (C=N–C) groups is 1. The van der Waals surface area contributed by atoms with E-state index in [9.17, 15) is 4.79 Å². The SMILES string of the molecule is C=N/C(NC1(C)CC1)=C(\C)C(C(=O)NCc1ccc(C)cc1)=C(C)C. The number of benzene rings is 1. The summed E-state index contributed by atoms with van der Waals surface area (Å²) in [7, 11) is 0. The van der Waals surface area contributed by atoms with Gasteiger partial charge in [-0.3, -0.25) is 4.79 Å². The Bertz CT molecular complexity index is 718. The third-order valence-corrected chi connectivity index (χ3v) is 4.61. The van der Waals surface area contributed by atoms with Crippen LogP contribution in [0.15, 0.2) is 51.8 Å². The highest BCUT2D eigenvalue weighted by Gasteiger charge is 2.38. The fourth-order valence-electron chi connectivity index (χ4n) is 2.72. The summed E-state index contributed by atoms with van der Waals surface area (Å²) in [4.78, 5) is 16.9. The highest BCUT2D eigenvalue weighted by atomic mass is 16.1. The molecule has 1 aromatic carbocycles. The molecule has 1 aromatic rings. The van der Waals surface area contributed by atoms with Gasteiger partial charge in [-0.2, -0.15) is 0 Å². The molecule has 0 radical (unpaired) electrons. The van der Waals surface area contributed by atoms with E-state index in [1.54, 1.807) is 0 Å². The first-order valence-corrected chi connectivity index (χ1v) is 8.73. The fraction of sp³-hybridized carbons (Fsp3) is 0.429. The fourth-order valence-corrected chi connectivity index (χ4v) is 2.72. The molecule has 0 heterocycles. The maximum absolute atomic E-state index is 12.8. The van der Waals surface area contributed by atoms with Gasteiger partial charge in [-0.1, -0.05) is 35.4 Å². The Balaban J connectivity index is 2.15. The van der Waals surface area contributed by atoms with Crippen LogP contribution in [0.4, 0.5) is 0 Å². The second-order valence-corrected chi connectivity index (χ2v) is 7.36. The van der Waals surface area contributed by atoms with Gasteiger partial charge in [0.15, 0.2) is 0 Å². The van der Waals surface area contributed by atoms with Gasteiger partial charge in [-0.25, -0.2) is 4.99 Å². The van der Waals surface area contributed by atoms with Crippen LogP contribution in [0, 0.1) is 6.92 Å². The molecule has 25 heavy (non-hydrogen) atoms. The van der Waals surface area contributed by atoms with Crippen LogP contribution in [-0.4, -0.2) is 18.2 Å². The lowest BCUT2D eigenvalue weighted by atomic mass is 10.0. The number of allylic oxidation sites excluding steroid dienone is 1. The summed E-state index contributed by atoms with van der Waals surface area (Å²) < 4.78 is 0. The van der Waals surface area contributed by atoms with E-state index in [4.69, 9.17) is 0 Å². The van der Waals surface area contributed by atoms with Gasteiger partial charge in [0.05, 0.1) is 0 Å². The molecule has 134 valence electrons. The minimum absolute atomic E-state index is 0.0815. The van der Waals surface area contributed by atoms with Gasteiger partial charge in [0, 0.05) is 23.2 Å². The van der Waals surface area contributed by atoms with Crippen LogP contribution < -0.4 is 10.6 Å². The van der Waals surface area contributed by atoms with E-state index in [2.05, 4.69) is 48.3 Å². The van der Waals surface area contributed by atoms with E-state index in [-0.39, 0.29) is 11.4 Å². The molecule has 0 aliphatic heterocycles. The largest absolute Gasteiger partial charge is 0.365 e. The molecule has 2 rings (SSSR count). The summed E-state index contributed by atoms with van der Waals surface area (Å²) in [6.45, 7) is 14.2. The van der Waals surface area contributed by atoms with E-state index in [1.165, 1.54) is 5.56 Å². The molecule has 0 saturated heterocycles. The summed E-state index contributed by atoms with van der Waals surface area (Å²) >= 11 is 0. The lowest BCUT2D eigenvalue weighted by Gasteiger charge is -2.18. The van der Waals surface area contributed by atoms with Gasteiger partial charge in [-0.15, -0.1) is 0 Å². The zero-order chi connectivity index (χ0) is 18.6. The summed E-state index contributed by atoms with van der Waals surface area (Å²) in [5, 5.41) is 6.44. The molecule has 1 aliphatic carbocycles. The molecule has 0 atom stereocenters. The first-order valence-electron chi connectivity index (χ1n) is 8.73. The van der Waals surface area contributed by atoms with Gasteiger partial charge in [0.1, 0.15) is 5.82 Å². The molecular formula is C21H29N3O. The molecule has 0 unspecified atom stereocenters. The molecule has 0 aromatic heterocycles. The first kappa shape index (κ1) is 19.0. The van der Waals surface area contributed by atoms with Gasteiger partial charge >= 0.3 is 0 Å². The van der Waals surface area contributed by atoms with E-state index < -0.39 is 0 Å². The number of nitrogens with one attached hydrogen (secondary N) is 2. The minimum atomic E-state index is -0.0815. The molecule has 1 fully saturated rings. The maximum Gasteiger partial charge on any atom is 0.251 e. The molecule has 1 saturated carbocycles. The van der Waals surface area contributed by atoms with Crippen molar-refractivity contribution in [2.45, 2.75) is 59.5 Å². The van der Waals surface area contributed by atoms with E-state index in [0.717, 1.165) is 29.6 Å². The van der Waals surface area contributed by atoms with Crippen molar-refractivity contribution in [1.29, 1.82) is 0 Å². The van der Waals surface area contributed by atoms with Crippen LogP contribution in [0.5, 0.6) is 0 Å². The smallest absolute Gasteiger partial charge is 0.251 e. The number of carbonyl (C=O) groups is 1. The predicted octanol–water partition coefficient (Wildman–Crippen LogP) is 4.02. The second-order valence-electron chi connectivity index (χ2n) is 7.36. The van der Waals surface area contributed by atoms with E-state index >= 15 is 0 Å². The minimum Gasteiger partial charge on any atom is -0.365 e. The Kier molecular flexibility index (Phi) is 5.83. The lowest BCUT2D eigenvalue weighted by Crippen LogP contribution is -2.30. The topological polar surface area (TPSA) is 53.5 Å². The number of rotatable bonds is 7. The summed E-state index contributed by atoms with van der Waals surface area (Å²) in [6.07, 6.45) is 2.23. The number of carbonyl (C=O) groups excluding carboxylic acids is 1. The Hall–Kier alpha value is -2.36. The van der Waals surface area contributed by atoms with Gasteiger partial charge < -0.3 is 10.6 Å². The zero-order valence-corrected chi connectivity index (χ0v) is 16.0. The average molecular weight is 339 g/mol. The number of hydrogen-bond donors (Lipinski definition) is 2. The molecule has 0 bridgehead atoms. The van der Waals surface area contributed by atoms with Crippen molar-refractivity contribution in [3.63, 3.8) is 0 Å². The summed E-state index contributed by atoms with van der Waals surface area (Å²) in [5.41, 5.74) is 4.85. The molecule has 0 spiro atoms. The summed E-state index contributed by atoms with van der Waals surface area (Å²) in [6, 6.07) is 8.17. The van der Waals surface area contributed by atoms with Crippen molar-refractivity contribution in [1.82, 2.24) is 10.6 Å².